The van der Waals surface area contributed by atoms with Crippen molar-refractivity contribution >= 4 is 0 Å². The van der Waals surface area contributed by atoms with E-state index in [9.17, 15) is 0 Å². The molecule has 2 N–H and O–H groups in total. The molecule has 19 heavy (non-hydrogen) atoms. The van der Waals surface area contributed by atoms with E-state index >= 15 is 0 Å². The van der Waals surface area contributed by atoms with Crippen LogP contribution in [0.3, 0.4) is 0 Å². The van der Waals surface area contributed by atoms with Gasteiger partial charge < -0.3 is 10.5 Å². The second-order valence-electron chi connectivity index (χ2n) is 6.28. The van der Waals surface area contributed by atoms with Crippen molar-refractivity contribution < 1.29 is 4.74 Å². The third-order valence-electron chi connectivity index (χ3n) is 3.66. The number of benzene rings is 1. The second-order valence-corrected chi connectivity index (χ2v) is 6.28. The van der Waals surface area contributed by atoms with Crippen LogP contribution in [0.5, 0.6) is 5.75 Å². The van der Waals surface area contributed by atoms with Gasteiger partial charge in [-0.3, -0.25) is 4.90 Å². The van der Waals surface area contributed by atoms with Gasteiger partial charge in [-0.2, -0.15) is 0 Å². The Morgan fingerprint density at radius 2 is 1.95 bits per heavy atom. The summed E-state index contributed by atoms with van der Waals surface area (Å²) >= 11 is 0. The molecule has 0 aliphatic rings. The Labute approximate surface area is 117 Å². The lowest BCUT2D eigenvalue weighted by atomic mass is 9.86. The van der Waals surface area contributed by atoms with Crippen molar-refractivity contribution in [2.45, 2.75) is 45.7 Å². The van der Waals surface area contributed by atoms with Crippen LogP contribution in [0.4, 0.5) is 0 Å². The fourth-order valence-corrected chi connectivity index (χ4v) is 1.97. The predicted octanol–water partition coefficient (Wildman–Crippen LogP) is 2.77. The molecule has 3 heteroatoms. The fraction of sp³-hybridized carbons (Fsp3) is 0.625. The van der Waals surface area contributed by atoms with Gasteiger partial charge in [0.05, 0.1) is 7.11 Å². The lowest BCUT2D eigenvalue weighted by molar-refractivity contribution is 0.250. The zero-order valence-electron chi connectivity index (χ0n) is 13.2. The molecule has 0 saturated heterocycles. The van der Waals surface area contributed by atoms with Gasteiger partial charge in [0.25, 0.3) is 0 Å². The van der Waals surface area contributed by atoms with E-state index in [1.807, 2.05) is 0 Å². The SMILES string of the molecule is COc1ccc(C(C)(C)C)cc1CN(C)C(C)CN. The number of nitrogens with two attached hydrogens (primary N) is 1. The first kappa shape index (κ1) is 16.0. The molecule has 0 saturated carbocycles. The van der Waals surface area contributed by atoms with E-state index in [0.29, 0.717) is 12.6 Å². The van der Waals surface area contributed by atoms with Crippen LogP contribution in [0.25, 0.3) is 0 Å². The van der Waals surface area contributed by atoms with Crippen LogP contribution in [-0.2, 0) is 12.0 Å². The molecule has 0 bridgehead atoms. The van der Waals surface area contributed by atoms with Gasteiger partial charge >= 0.3 is 0 Å². The Balaban J connectivity index is 3.03. The van der Waals surface area contributed by atoms with Gasteiger partial charge in [-0.1, -0.05) is 32.9 Å². The normalized spacial score (nSPS) is 13.7. The average Bonchev–Trinajstić information content (AvgIpc) is 2.36. The van der Waals surface area contributed by atoms with E-state index in [-0.39, 0.29) is 5.41 Å². The summed E-state index contributed by atoms with van der Waals surface area (Å²) < 4.78 is 5.47. The smallest absolute Gasteiger partial charge is 0.123 e. The fourth-order valence-electron chi connectivity index (χ4n) is 1.97. The molecule has 1 unspecified atom stereocenters. The van der Waals surface area contributed by atoms with Crippen LogP contribution in [0.15, 0.2) is 18.2 Å². The number of likely N-dealkylation sites (N-methyl/N-ethyl adjacent to an activating group) is 1. The zero-order valence-corrected chi connectivity index (χ0v) is 13.2. The molecule has 0 aromatic heterocycles. The van der Waals surface area contributed by atoms with Crippen LogP contribution in [0, 0.1) is 0 Å². The third kappa shape index (κ3) is 4.22. The van der Waals surface area contributed by atoms with Crippen LogP contribution in [0.1, 0.15) is 38.8 Å². The van der Waals surface area contributed by atoms with Crippen molar-refractivity contribution in [1.29, 1.82) is 0 Å². The number of ether oxygens (including phenoxy) is 1. The van der Waals surface area contributed by atoms with Crippen LogP contribution in [0.2, 0.25) is 0 Å². The highest BCUT2D eigenvalue weighted by Gasteiger charge is 2.17. The van der Waals surface area contributed by atoms with E-state index in [1.54, 1.807) is 7.11 Å². The van der Waals surface area contributed by atoms with Crippen LogP contribution >= 0.6 is 0 Å². The van der Waals surface area contributed by atoms with Crippen molar-refractivity contribution in [3.63, 3.8) is 0 Å². The maximum atomic E-state index is 5.72. The summed E-state index contributed by atoms with van der Waals surface area (Å²) in [6.07, 6.45) is 0. The lowest BCUT2D eigenvalue weighted by Gasteiger charge is -2.26. The van der Waals surface area contributed by atoms with Gasteiger partial charge in [0.15, 0.2) is 0 Å². The lowest BCUT2D eigenvalue weighted by Crippen LogP contribution is -2.34. The van der Waals surface area contributed by atoms with E-state index in [1.165, 1.54) is 11.1 Å². The van der Waals surface area contributed by atoms with Gasteiger partial charge in [-0.15, -0.1) is 0 Å². The molecule has 1 aromatic rings. The van der Waals surface area contributed by atoms with Crippen molar-refractivity contribution in [3.05, 3.63) is 29.3 Å². The average molecular weight is 264 g/mol. The number of methoxy groups -OCH3 is 1. The predicted molar refractivity (Wildman–Crippen MR) is 81.7 cm³/mol. The summed E-state index contributed by atoms with van der Waals surface area (Å²) in [4.78, 5) is 2.25. The molecular weight excluding hydrogens is 236 g/mol. The van der Waals surface area contributed by atoms with Crippen molar-refractivity contribution in [2.75, 3.05) is 20.7 Å². The molecule has 0 spiro atoms. The highest BCUT2D eigenvalue weighted by molar-refractivity contribution is 5.39. The molecule has 3 nitrogen and oxygen atoms in total. The maximum absolute atomic E-state index is 5.72. The number of hydrogen-bond donors (Lipinski definition) is 1. The first-order valence-corrected chi connectivity index (χ1v) is 6.87. The largest absolute Gasteiger partial charge is 0.496 e. The van der Waals surface area contributed by atoms with Crippen molar-refractivity contribution in [2.24, 2.45) is 5.73 Å². The summed E-state index contributed by atoms with van der Waals surface area (Å²) in [5.41, 5.74) is 8.43. The number of rotatable bonds is 5. The van der Waals surface area contributed by atoms with Crippen LogP contribution in [-0.4, -0.2) is 31.6 Å². The molecule has 1 aromatic carbocycles. The minimum atomic E-state index is 0.152. The molecule has 0 fully saturated rings. The van der Waals surface area contributed by atoms with E-state index in [2.05, 4.69) is 57.8 Å². The summed E-state index contributed by atoms with van der Waals surface area (Å²) in [5, 5.41) is 0. The number of nitrogens with zero attached hydrogens (tertiary/aromatic N) is 1. The Morgan fingerprint density at radius 3 is 2.42 bits per heavy atom. The standard InChI is InChI=1S/C16H28N2O/c1-12(10-17)18(5)11-13-9-14(16(2,3)4)7-8-15(13)19-6/h7-9,12H,10-11,17H2,1-6H3. The molecule has 1 rings (SSSR count). The van der Waals surface area contributed by atoms with Gasteiger partial charge in [-0.05, 0) is 31.0 Å². The van der Waals surface area contributed by atoms with E-state index in [0.717, 1.165) is 12.3 Å². The van der Waals surface area contributed by atoms with Crippen molar-refractivity contribution in [1.82, 2.24) is 4.90 Å². The third-order valence-corrected chi connectivity index (χ3v) is 3.66. The molecule has 0 heterocycles. The summed E-state index contributed by atoms with van der Waals surface area (Å²) in [6, 6.07) is 6.83. The first-order valence-electron chi connectivity index (χ1n) is 6.87. The van der Waals surface area contributed by atoms with Gasteiger partial charge in [0.2, 0.25) is 0 Å². The molecule has 0 aliphatic carbocycles. The second kappa shape index (κ2) is 6.40. The molecular formula is C16H28N2O. The zero-order chi connectivity index (χ0) is 14.6. The Kier molecular flexibility index (Phi) is 5.39. The molecule has 0 amide bonds. The summed E-state index contributed by atoms with van der Waals surface area (Å²) in [7, 11) is 3.82. The minimum Gasteiger partial charge on any atom is -0.496 e. The monoisotopic (exact) mass is 264 g/mol. The van der Waals surface area contributed by atoms with Gasteiger partial charge in [0.1, 0.15) is 5.75 Å². The van der Waals surface area contributed by atoms with E-state index < -0.39 is 0 Å². The van der Waals surface area contributed by atoms with Crippen molar-refractivity contribution in [3.8, 4) is 5.75 Å². The molecule has 0 radical (unpaired) electrons. The Hall–Kier alpha value is -1.06. The minimum absolute atomic E-state index is 0.152. The van der Waals surface area contributed by atoms with Crippen LogP contribution < -0.4 is 10.5 Å². The van der Waals surface area contributed by atoms with E-state index in [4.69, 9.17) is 10.5 Å². The molecule has 108 valence electrons. The quantitative estimate of drug-likeness (QED) is 0.888. The maximum Gasteiger partial charge on any atom is 0.123 e. The topological polar surface area (TPSA) is 38.5 Å². The molecule has 1 atom stereocenters. The Bertz CT molecular complexity index is 410. The summed E-state index contributed by atoms with van der Waals surface area (Å²) in [6.45, 7) is 10.3. The van der Waals surface area contributed by atoms with Gasteiger partial charge in [0, 0.05) is 24.7 Å². The highest BCUT2D eigenvalue weighted by atomic mass is 16.5. The summed E-state index contributed by atoms with van der Waals surface area (Å²) in [5.74, 6) is 0.948. The highest BCUT2D eigenvalue weighted by Crippen LogP contribution is 2.28. The first-order chi connectivity index (χ1) is 8.79. The van der Waals surface area contributed by atoms with Gasteiger partial charge in [-0.25, -0.2) is 0 Å². The number of hydrogen-bond acceptors (Lipinski definition) is 3. The molecule has 0 aliphatic heterocycles. The Morgan fingerprint density at radius 1 is 1.32 bits per heavy atom.